The molecule has 1 amide bonds. The predicted molar refractivity (Wildman–Crippen MR) is 53.1 cm³/mol. The molecule has 1 heterocycles. The van der Waals surface area contributed by atoms with Gasteiger partial charge in [-0.25, -0.2) is 0 Å². The third-order valence-electron chi connectivity index (χ3n) is 1.99. The van der Waals surface area contributed by atoms with Crippen molar-refractivity contribution >= 4 is 17.7 Å². The van der Waals surface area contributed by atoms with Gasteiger partial charge < -0.3 is 4.90 Å². The number of carbonyl (C=O) groups excluding carboxylic acids is 1. The fourth-order valence-electron chi connectivity index (χ4n) is 1.54. The highest BCUT2D eigenvalue weighted by atomic mass is 32.2. The first-order valence-corrected chi connectivity index (χ1v) is 5.30. The van der Waals surface area contributed by atoms with Crippen LogP contribution in [0.1, 0.15) is 20.3 Å². The van der Waals surface area contributed by atoms with Gasteiger partial charge in [0.15, 0.2) is 0 Å². The molecule has 2 unspecified atom stereocenters. The van der Waals surface area contributed by atoms with E-state index in [0.717, 1.165) is 13.1 Å². The quantitative estimate of drug-likeness (QED) is 0.619. The second kappa shape index (κ2) is 4.17. The zero-order chi connectivity index (χ0) is 9.14. The maximum atomic E-state index is 11.3. The molecule has 2 nitrogen and oxygen atoms in total. The fraction of sp³-hybridized carbons (Fsp3) is 0.778. The molecule has 0 N–H and O–H groups in total. The van der Waals surface area contributed by atoms with Gasteiger partial charge in [-0.2, -0.15) is 11.8 Å². The van der Waals surface area contributed by atoms with Gasteiger partial charge in [0.25, 0.3) is 0 Å². The van der Waals surface area contributed by atoms with E-state index >= 15 is 0 Å². The molecule has 69 valence electrons. The number of hydrogen-bond donors (Lipinski definition) is 0. The van der Waals surface area contributed by atoms with Crippen molar-refractivity contribution in [3.05, 3.63) is 6.92 Å². The van der Waals surface area contributed by atoms with Crippen LogP contribution in [0.3, 0.4) is 0 Å². The molecule has 1 rings (SSSR count). The van der Waals surface area contributed by atoms with Gasteiger partial charge in [0, 0.05) is 30.0 Å². The van der Waals surface area contributed by atoms with Crippen LogP contribution in [0.5, 0.6) is 0 Å². The number of rotatable bonds is 1. The Hall–Kier alpha value is -0.180. The normalized spacial score (nSPS) is 30.4. The molecule has 1 radical (unpaired) electrons. The summed E-state index contributed by atoms with van der Waals surface area (Å²) in [7, 11) is 0. The highest BCUT2D eigenvalue weighted by Gasteiger charge is 2.24. The van der Waals surface area contributed by atoms with Crippen molar-refractivity contribution < 1.29 is 4.79 Å². The molecular formula is C9H16NOS. The molecule has 1 aliphatic heterocycles. The number of amides is 1. The maximum Gasteiger partial charge on any atom is 0.222 e. The predicted octanol–water partition coefficient (Wildman–Crippen LogP) is 1.56. The van der Waals surface area contributed by atoms with Gasteiger partial charge in [-0.05, 0) is 6.92 Å². The lowest BCUT2D eigenvalue weighted by molar-refractivity contribution is -0.130. The largest absolute Gasteiger partial charge is 0.341 e. The van der Waals surface area contributed by atoms with Gasteiger partial charge in [0.2, 0.25) is 5.91 Å². The van der Waals surface area contributed by atoms with Crippen molar-refractivity contribution in [3.8, 4) is 0 Å². The molecule has 0 spiro atoms. The Kier molecular flexibility index (Phi) is 3.44. The molecule has 0 aromatic rings. The summed E-state index contributed by atoms with van der Waals surface area (Å²) < 4.78 is 0. The number of hydrogen-bond acceptors (Lipinski definition) is 2. The van der Waals surface area contributed by atoms with E-state index in [4.69, 9.17) is 0 Å². The Bertz CT molecular complexity index is 162. The molecule has 1 saturated heterocycles. The second-order valence-corrected chi connectivity index (χ2v) is 5.19. The van der Waals surface area contributed by atoms with E-state index in [1.807, 2.05) is 16.7 Å². The minimum Gasteiger partial charge on any atom is -0.341 e. The van der Waals surface area contributed by atoms with Crippen LogP contribution < -0.4 is 0 Å². The average molecular weight is 186 g/mol. The minimum absolute atomic E-state index is 0.189. The van der Waals surface area contributed by atoms with Crippen molar-refractivity contribution in [3.63, 3.8) is 0 Å². The van der Waals surface area contributed by atoms with Gasteiger partial charge in [0.1, 0.15) is 0 Å². The van der Waals surface area contributed by atoms with Crippen LogP contribution in [0.25, 0.3) is 0 Å². The van der Waals surface area contributed by atoms with Gasteiger partial charge in [-0.1, -0.05) is 13.8 Å². The van der Waals surface area contributed by atoms with E-state index in [2.05, 4.69) is 20.8 Å². The Morgan fingerprint density at radius 1 is 1.50 bits per heavy atom. The van der Waals surface area contributed by atoms with Crippen LogP contribution in [-0.2, 0) is 4.79 Å². The average Bonchev–Trinajstić information content (AvgIpc) is 2.01. The highest BCUT2D eigenvalue weighted by Crippen LogP contribution is 2.24. The van der Waals surface area contributed by atoms with Gasteiger partial charge in [0.05, 0.1) is 0 Å². The number of nitrogens with zero attached hydrogens (tertiary/aromatic N) is 1. The summed E-state index contributed by atoms with van der Waals surface area (Å²) in [6, 6.07) is 0. The van der Waals surface area contributed by atoms with Crippen LogP contribution in [0.15, 0.2) is 0 Å². The lowest BCUT2D eigenvalue weighted by Gasteiger charge is -2.34. The third kappa shape index (κ3) is 2.41. The molecular weight excluding hydrogens is 170 g/mol. The van der Waals surface area contributed by atoms with E-state index in [1.54, 1.807) is 0 Å². The Labute approximate surface area is 78.7 Å². The molecule has 1 aliphatic rings. The zero-order valence-electron chi connectivity index (χ0n) is 7.75. The summed E-state index contributed by atoms with van der Waals surface area (Å²) in [6.45, 7) is 9.74. The molecule has 0 bridgehead atoms. The molecule has 0 saturated carbocycles. The van der Waals surface area contributed by atoms with E-state index in [-0.39, 0.29) is 5.91 Å². The van der Waals surface area contributed by atoms with Gasteiger partial charge in [-0.3, -0.25) is 4.79 Å². The molecule has 3 heteroatoms. The van der Waals surface area contributed by atoms with Crippen molar-refractivity contribution in [2.45, 2.75) is 30.8 Å². The van der Waals surface area contributed by atoms with E-state index < -0.39 is 0 Å². The van der Waals surface area contributed by atoms with Gasteiger partial charge in [-0.15, -0.1) is 0 Å². The van der Waals surface area contributed by atoms with Crippen molar-refractivity contribution in [2.24, 2.45) is 0 Å². The molecule has 0 aromatic heterocycles. The number of carbonyl (C=O) groups is 1. The van der Waals surface area contributed by atoms with Crippen LogP contribution in [0.4, 0.5) is 0 Å². The Morgan fingerprint density at radius 2 is 2.00 bits per heavy atom. The first kappa shape index (κ1) is 9.90. The van der Waals surface area contributed by atoms with Crippen molar-refractivity contribution in [1.82, 2.24) is 4.90 Å². The lowest BCUT2D eigenvalue weighted by Crippen LogP contribution is -2.43. The van der Waals surface area contributed by atoms with Crippen LogP contribution in [0, 0.1) is 6.92 Å². The molecule has 2 atom stereocenters. The minimum atomic E-state index is 0.189. The van der Waals surface area contributed by atoms with E-state index in [0.29, 0.717) is 16.9 Å². The third-order valence-corrected chi connectivity index (χ3v) is 3.21. The number of thioether (sulfide) groups is 1. The van der Waals surface area contributed by atoms with E-state index in [9.17, 15) is 4.79 Å². The molecule has 0 aromatic carbocycles. The first-order chi connectivity index (χ1) is 5.63. The molecule has 1 fully saturated rings. The highest BCUT2D eigenvalue weighted by molar-refractivity contribution is 8.00. The van der Waals surface area contributed by atoms with Crippen LogP contribution in [0.2, 0.25) is 0 Å². The molecule has 12 heavy (non-hydrogen) atoms. The summed E-state index contributed by atoms with van der Waals surface area (Å²) in [6.07, 6.45) is 0.393. The summed E-state index contributed by atoms with van der Waals surface area (Å²) >= 11 is 1.96. The first-order valence-electron chi connectivity index (χ1n) is 4.36. The summed E-state index contributed by atoms with van der Waals surface area (Å²) in [5.74, 6) is 0.189. The van der Waals surface area contributed by atoms with Crippen LogP contribution in [-0.4, -0.2) is 34.4 Å². The molecule has 0 aliphatic carbocycles. The second-order valence-electron chi connectivity index (χ2n) is 3.31. The summed E-state index contributed by atoms with van der Waals surface area (Å²) in [5.41, 5.74) is 0. The fourth-order valence-corrected chi connectivity index (χ4v) is 2.86. The van der Waals surface area contributed by atoms with E-state index in [1.165, 1.54) is 0 Å². The standard InChI is InChI=1S/C9H16NOS/c1-4-9(11)10-5-7(2)12-8(3)6-10/h7-8H,1,4-6H2,2-3H3. The monoisotopic (exact) mass is 186 g/mol. The van der Waals surface area contributed by atoms with Gasteiger partial charge >= 0.3 is 0 Å². The van der Waals surface area contributed by atoms with Crippen molar-refractivity contribution in [1.29, 1.82) is 0 Å². The smallest absolute Gasteiger partial charge is 0.222 e. The summed E-state index contributed by atoms with van der Waals surface area (Å²) in [5, 5.41) is 1.15. The lowest BCUT2D eigenvalue weighted by atomic mass is 10.3. The summed E-state index contributed by atoms with van der Waals surface area (Å²) in [4.78, 5) is 13.2. The SMILES string of the molecule is [CH2]CC(=O)N1CC(C)SC(C)C1. The Balaban J connectivity index is 2.49. The van der Waals surface area contributed by atoms with Crippen molar-refractivity contribution in [2.75, 3.05) is 13.1 Å². The topological polar surface area (TPSA) is 20.3 Å². The Morgan fingerprint density at radius 3 is 2.42 bits per heavy atom. The van der Waals surface area contributed by atoms with Crippen LogP contribution >= 0.6 is 11.8 Å². The maximum absolute atomic E-state index is 11.3. The zero-order valence-corrected chi connectivity index (χ0v) is 8.56.